The number of methoxy groups -OCH3 is 1. The van der Waals surface area contributed by atoms with Crippen LogP contribution in [0.25, 0.3) is 6.08 Å². The molecule has 1 N–H and O–H groups in total. The molecule has 39 heavy (non-hydrogen) atoms. The first-order valence-electron chi connectivity index (χ1n) is 11.7. The molecule has 3 aromatic carbocycles. The fraction of sp³-hybridized carbons (Fsp3) is 0.143. The monoisotopic (exact) mass is 658 g/mol. The Morgan fingerprint density at radius 2 is 1.87 bits per heavy atom. The first-order valence-corrected chi connectivity index (χ1v) is 13.6. The highest BCUT2D eigenvalue weighted by Gasteiger charge is 2.33. The van der Waals surface area contributed by atoms with Crippen molar-refractivity contribution in [1.82, 2.24) is 0 Å². The SMILES string of the molecule is CCOC(=O)C1=C(O)/C(=C/c2cc(I)c(OCc3ccc([N+](=O)[O-])cc3)c(OC)c2)SC1=Nc1ccccc1. The fourth-order valence-electron chi connectivity index (χ4n) is 3.60. The molecule has 0 aromatic heterocycles. The second-order valence-electron chi connectivity index (χ2n) is 8.05. The van der Waals surface area contributed by atoms with E-state index in [-0.39, 0.29) is 30.2 Å². The molecule has 0 amide bonds. The van der Waals surface area contributed by atoms with Gasteiger partial charge in [-0.1, -0.05) is 30.0 Å². The van der Waals surface area contributed by atoms with E-state index in [9.17, 15) is 20.0 Å². The van der Waals surface area contributed by atoms with Crippen LogP contribution in [0, 0.1) is 13.7 Å². The molecule has 9 nitrogen and oxygen atoms in total. The Balaban J connectivity index is 1.62. The van der Waals surface area contributed by atoms with Gasteiger partial charge in [0.05, 0.1) is 32.8 Å². The van der Waals surface area contributed by atoms with E-state index in [1.807, 2.05) is 24.3 Å². The van der Waals surface area contributed by atoms with E-state index in [1.165, 1.54) is 31.0 Å². The molecule has 0 bridgehead atoms. The molecule has 0 radical (unpaired) electrons. The summed E-state index contributed by atoms with van der Waals surface area (Å²) in [5, 5.41) is 22.2. The molecule has 200 valence electrons. The minimum absolute atomic E-state index is 0.00784. The van der Waals surface area contributed by atoms with Gasteiger partial charge in [0.1, 0.15) is 23.0 Å². The second-order valence-corrected chi connectivity index (χ2v) is 10.2. The van der Waals surface area contributed by atoms with Crippen LogP contribution in [0.15, 0.2) is 88.0 Å². The zero-order valence-corrected chi connectivity index (χ0v) is 23.9. The Hall–Kier alpha value is -3.84. The van der Waals surface area contributed by atoms with Crippen LogP contribution in [0.4, 0.5) is 11.4 Å². The van der Waals surface area contributed by atoms with Gasteiger partial charge < -0.3 is 19.3 Å². The number of aliphatic hydroxyl groups excluding tert-OH is 1. The summed E-state index contributed by atoms with van der Waals surface area (Å²) in [5.74, 6) is 0.116. The zero-order valence-electron chi connectivity index (χ0n) is 20.9. The highest BCUT2D eigenvalue weighted by Crippen LogP contribution is 2.42. The van der Waals surface area contributed by atoms with Gasteiger partial charge in [-0.2, -0.15) is 0 Å². The predicted molar refractivity (Wildman–Crippen MR) is 159 cm³/mol. The largest absolute Gasteiger partial charge is 0.506 e. The maximum atomic E-state index is 12.7. The van der Waals surface area contributed by atoms with Crippen LogP contribution in [0.3, 0.4) is 0 Å². The topological polar surface area (TPSA) is 120 Å². The molecule has 0 saturated heterocycles. The van der Waals surface area contributed by atoms with E-state index >= 15 is 0 Å². The average molecular weight is 658 g/mol. The van der Waals surface area contributed by atoms with Crippen molar-refractivity contribution < 1.29 is 29.0 Å². The van der Waals surface area contributed by atoms with Crippen LogP contribution < -0.4 is 9.47 Å². The lowest BCUT2D eigenvalue weighted by molar-refractivity contribution is -0.384. The first-order chi connectivity index (χ1) is 18.8. The summed E-state index contributed by atoms with van der Waals surface area (Å²) in [6, 6.07) is 18.9. The number of aliphatic imine (C=N–C) groups is 1. The van der Waals surface area contributed by atoms with Crippen LogP contribution >= 0.6 is 34.4 Å². The average Bonchev–Trinajstić information content (AvgIpc) is 3.22. The minimum Gasteiger partial charge on any atom is -0.506 e. The first kappa shape index (κ1) is 28.2. The van der Waals surface area contributed by atoms with Crippen LogP contribution in [0.5, 0.6) is 11.5 Å². The maximum Gasteiger partial charge on any atom is 0.344 e. The number of rotatable bonds is 9. The molecule has 4 rings (SSSR count). The van der Waals surface area contributed by atoms with Crippen LogP contribution in [0.2, 0.25) is 0 Å². The van der Waals surface area contributed by atoms with Crippen molar-refractivity contribution in [3.8, 4) is 11.5 Å². The van der Waals surface area contributed by atoms with Crippen molar-refractivity contribution in [3.63, 3.8) is 0 Å². The summed E-state index contributed by atoms with van der Waals surface area (Å²) in [6.07, 6.45) is 1.73. The Morgan fingerprint density at radius 3 is 2.51 bits per heavy atom. The molecule has 1 aliphatic rings. The number of carbonyl (C=O) groups is 1. The van der Waals surface area contributed by atoms with Crippen LogP contribution in [-0.2, 0) is 16.1 Å². The molecule has 3 aromatic rings. The number of non-ortho nitro benzene ring substituents is 1. The van der Waals surface area contributed by atoms with Gasteiger partial charge in [0.25, 0.3) is 5.69 Å². The molecule has 11 heteroatoms. The number of esters is 1. The number of hydrogen-bond donors (Lipinski definition) is 1. The van der Waals surface area contributed by atoms with E-state index in [0.717, 1.165) is 9.13 Å². The van der Waals surface area contributed by atoms with E-state index in [4.69, 9.17) is 14.2 Å². The van der Waals surface area contributed by atoms with Crippen LogP contribution in [0.1, 0.15) is 18.1 Å². The molecule has 1 aliphatic heterocycles. The second kappa shape index (κ2) is 12.8. The molecule has 0 saturated carbocycles. The number of carbonyl (C=O) groups excluding carboxylic acids is 1. The van der Waals surface area contributed by atoms with Crippen molar-refractivity contribution in [2.24, 2.45) is 4.99 Å². The highest BCUT2D eigenvalue weighted by molar-refractivity contribution is 14.1. The van der Waals surface area contributed by atoms with Gasteiger partial charge in [0, 0.05) is 12.1 Å². The number of halogens is 1. The Morgan fingerprint density at radius 1 is 1.15 bits per heavy atom. The zero-order chi connectivity index (χ0) is 27.9. The van der Waals surface area contributed by atoms with Crippen LogP contribution in [-0.4, -0.2) is 34.8 Å². The highest BCUT2D eigenvalue weighted by atomic mass is 127. The fourth-order valence-corrected chi connectivity index (χ4v) is 5.41. The number of para-hydroxylation sites is 1. The molecule has 0 unspecified atom stereocenters. The third-order valence-electron chi connectivity index (χ3n) is 5.44. The Bertz CT molecular complexity index is 1490. The van der Waals surface area contributed by atoms with Gasteiger partial charge >= 0.3 is 5.97 Å². The molecule has 0 fully saturated rings. The quantitative estimate of drug-likeness (QED) is 0.113. The maximum absolute atomic E-state index is 12.7. The number of nitro groups is 1. The van der Waals surface area contributed by atoms with Crippen molar-refractivity contribution in [2.45, 2.75) is 13.5 Å². The molecule has 0 atom stereocenters. The normalized spacial score (nSPS) is 15.1. The predicted octanol–water partition coefficient (Wildman–Crippen LogP) is 6.98. The lowest BCUT2D eigenvalue weighted by atomic mass is 10.1. The number of thioether (sulfide) groups is 1. The smallest absolute Gasteiger partial charge is 0.344 e. The molecule has 1 heterocycles. The number of nitro benzene ring substituents is 1. The van der Waals surface area contributed by atoms with Crippen molar-refractivity contribution >= 4 is 62.8 Å². The number of ether oxygens (including phenoxy) is 3. The Kier molecular flexibility index (Phi) is 9.25. The van der Waals surface area contributed by atoms with Gasteiger partial charge in [-0.25, -0.2) is 9.79 Å². The summed E-state index contributed by atoms with van der Waals surface area (Å²) in [5.41, 5.74) is 2.13. The minimum atomic E-state index is -0.650. The van der Waals surface area contributed by atoms with Gasteiger partial charge in [-0.15, -0.1) is 0 Å². The van der Waals surface area contributed by atoms with Crippen molar-refractivity contribution in [3.05, 3.63) is 108 Å². The number of aliphatic hydroxyl groups is 1. The van der Waals surface area contributed by atoms with Gasteiger partial charge in [-0.05, 0) is 83.1 Å². The van der Waals surface area contributed by atoms with E-state index in [1.54, 1.807) is 43.3 Å². The molecular formula is C28H23IN2O7S. The van der Waals surface area contributed by atoms with Gasteiger partial charge in [0.15, 0.2) is 11.5 Å². The summed E-state index contributed by atoms with van der Waals surface area (Å²) < 4.78 is 17.5. The Labute approximate surface area is 242 Å². The lowest BCUT2D eigenvalue weighted by Crippen LogP contribution is -2.12. The summed E-state index contributed by atoms with van der Waals surface area (Å²) >= 11 is 3.29. The molecule has 0 spiro atoms. The summed E-state index contributed by atoms with van der Waals surface area (Å²) in [4.78, 5) is 28.1. The molecular weight excluding hydrogens is 635 g/mol. The third kappa shape index (κ3) is 6.79. The van der Waals surface area contributed by atoms with E-state index in [0.29, 0.717) is 32.7 Å². The van der Waals surface area contributed by atoms with Crippen molar-refractivity contribution in [1.29, 1.82) is 0 Å². The number of hydrogen-bond acceptors (Lipinski definition) is 9. The van der Waals surface area contributed by atoms with Gasteiger partial charge in [0.2, 0.25) is 0 Å². The van der Waals surface area contributed by atoms with E-state index in [2.05, 4.69) is 27.6 Å². The summed E-state index contributed by atoms with van der Waals surface area (Å²) in [6.45, 7) is 2.04. The lowest BCUT2D eigenvalue weighted by Gasteiger charge is -2.14. The summed E-state index contributed by atoms with van der Waals surface area (Å²) in [7, 11) is 1.52. The number of nitrogens with zero attached hydrogens (tertiary/aromatic N) is 2. The van der Waals surface area contributed by atoms with Crippen molar-refractivity contribution in [2.75, 3.05) is 13.7 Å². The van der Waals surface area contributed by atoms with E-state index < -0.39 is 10.9 Å². The number of benzene rings is 3. The van der Waals surface area contributed by atoms with Gasteiger partial charge in [-0.3, -0.25) is 10.1 Å². The molecule has 0 aliphatic carbocycles. The third-order valence-corrected chi connectivity index (χ3v) is 7.26. The standard InChI is InChI=1S/C28H23IN2O7S/c1-3-37-28(33)24-25(32)23(39-27(24)30-19-7-5-4-6-8-19)15-18-13-21(29)26(22(14-18)36-2)38-16-17-9-11-20(12-10-17)31(34)35/h4-15,32H,3,16H2,1-2H3/b23-15-,30-27?.